The number of carbonyl (C=O) groups is 1. The monoisotopic (exact) mass is 377 g/mol. The Morgan fingerprint density at radius 3 is 2.84 bits per heavy atom. The van der Waals surface area contributed by atoms with Crippen molar-refractivity contribution in [1.29, 1.82) is 0 Å². The molecule has 2 aromatic heterocycles. The van der Waals surface area contributed by atoms with E-state index < -0.39 is 0 Å². The maximum atomic E-state index is 12.4. The lowest BCUT2D eigenvalue weighted by molar-refractivity contribution is -0.134. The van der Waals surface area contributed by atoms with Crippen LogP contribution in [0.1, 0.15) is 31.7 Å². The van der Waals surface area contributed by atoms with Crippen molar-refractivity contribution < 1.29 is 4.79 Å². The number of rotatable bonds is 5. The van der Waals surface area contributed by atoms with E-state index in [0.29, 0.717) is 12.7 Å². The van der Waals surface area contributed by atoms with Crippen molar-refractivity contribution in [1.82, 2.24) is 24.1 Å². The first kappa shape index (κ1) is 16.9. The molecule has 1 saturated heterocycles. The number of amides is 1. The van der Waals surface area contributed by atoms with Gasteiger partial charge in [0.2, 0.25) is 5.91 Å². The summed E-state index contributed by atoms with van der Waals surface area (Å²) in [6.45, 7) is 1.50. The molecule has 1 saturated carbocycles. The highest BCUT2D eigenvalue weighted by molar-refractivity contribution is 7.71. The van der Waals surface area contributed by atoms with Crippen LogP contribution in [0.4, 0.5) is 0 Å². The zero-order valence-electron chi connectivity index (χ0n) is 14.6. The molecule has 0 N–H and O–H groups in total. The van der Waals surface area contributed by atoms with E-state index in [4.69, 9.17) is 17.3 Å². The van der Waals surface area contributed by atoms with Gasteiger partial charge in [0.25, 0.3) is 0 Å². The zero-order valence-corrected chi connectivity index (χ0v) is 16.2. The number of aromatic nitrogens is 3. The van der Waals surface area contributed by atoms with E-state index in [2.05, 4.69) is 20.9 Å². The number of carbonyl (C=O) groups excluding carboxylic acids is 1. The molecule has 2 fully saturated rings. The van der Waals surface area contributed by atoms with E-state index in [1.54, 1.807) is 16.2 Å². The third-order valence-corrected chi connectivity index (χ3v) is 6.20. The van der Waals surface area contributed by atoms with E-state index in [-0.39, 0.29) is 11.9 Å². The lowest BCUT2D eigenvalue weighted by Gasteiger charge is -2.25. The molecule has 25 heavy (non-hydrogen) atoms. The van der Waals surface area contributed by atoms with E-state index in [1.807, 2.05) is 24.8 Å². The second-order valence-electron chi connectivity index (χ2n) is 7.03. The summed E-state index contributed by atoms with van der Waals surface area (Å²) < 4.78 is 4.89. The van der Waals surface area contributed by atoms with Gasteiger partial charge in [-0.2, -0.15) is 0 Å². The molecule has 1 aliphatic carbocycles. The first-order chi connectivity index (χ1) is 12.1. The van der Waals surface area contributed by atoms with Gasteiger partial charge in [0.05, 0.1) is 17.6 Å². The third kappa shape index (κ3) is 3.18. The summed E-state index contributed by atoms with van der Waals surface area (Å²) in [6, 6.07) is 4.56. The average Bonchev–Trinajstić information content (AvgIpc) is 3.01. The predicted octanol–water partition coefficient (Wildman–Crippen LogP) is 2.99. The topological polar surface area (TPSA) is 46.3 Å². The summed E-state index contributed by atoms with van der Waals surface area (Å²) >= 11 is 7.43. The van der Waals surface area contributed by atoms with Gasteiger partial charge < -0.3 is 4.90 Å². The van der Waals surface area contributed by atoms with Crippen LogP contribution in [0, 0.1) is 4.77 Å². The molecular formula is C17H23N5OS2. The van der Waals surface area contributed by atoms with E-state index in [1.165, 1.54) is 12.8 Å². The molecule has 1 amide bonds. The van der Waals surface area contributed by atoms with Gasteiger partial charge in [-0.25, -0.2) is 4.68 Å². The van der Waals surface area contributed by atoms with Crippen molar-refractivity contribution in [2.75, 3.05) is 20.6 Å². The highest BCUT2D eigenvalue weighted by Gasteiger charge is 2.34. The standard InChI is InChI=1S/C17H23N5OS2/c1-19(2)16(23)13-5-3-9-20(13)11-21-17(24)22(12-7-8-12)15(18-21)14-6-4-10-25-14/h4,6,10,12-13H,3,5,7-9,11H2,1-2H3/t13-/m0/s1. The molecule has 6 nitrogen and oxygen atoms in total. The lowest BCUT2D eigenvalue weighted by atomic mass is 10.2. The van der Waals surface area contributed by atoms with Crippen LogP contribution in [0.3, 0.4) is 0 Å². The Morgan fingerprint density at radius 2 is 2.20 bits per heavy atom. The second kappa shape index (κ2) is 6.66. The Labute approximate surface area is 156 Å². The van der Waals surface area contributed by atoms with Crippen molar-refractivity contribution in [2.45, 2.75) is 44.4 Å². The Bertz CT molecular complexity index is 819. The molecule has 134 valence electrons. The molecule has 0 bridgehead atoms. The van der Waals surface area contributed by atoms with Gasteiger partial charge in [0, 0.05) is 26.7 Å². The van der Waals surface area contributed by atoms with Crippen molar-refractivity contribution in [3.8, 4) is 10.7 Å². The van der Waals surface area contributed by atoms with Crippen LogP contribution in [-0.4, -0.2) is 56.7 Å². The molecular weight excluding hydrogens is 354 g/mol. The minimum atomic E-state index is -0.0619. The fraction of sp³-hybridized carbons (Fsp3) is 0.588. The second-order valence-corrected chi connectivity index (χ2v) is 8.34. The molecule has 1 atom stereocenters. The quantitative estimate of drug-likeness (QED) is 0.752. The third-order valence-electron chi connectivity index (χ3n) is 4.93. The van der Waals surface area contributed by atoms with E-state index in [0.717, 1.165) is 34.9 Å². The number of hydrogen-bond donors (Lipinski definition) is 0. The Hall–Kier alpha value is -1.51. The summed E-state index contributed by atoms with van der Waals surface area (Å²) in [7, 11) is 3.64. The molecule has 0 radical (unpaired) electrons. The van der Waals surface area contributed by atoms with E-state index >= 15 is 0 Å². The van der Waals surface area contributed by atoms with Crippen molar-refractivity contribution in [3.63, 3.8) is 0 Å². The van der Waals surface area contributed by atoms with Crippen LogP contribution in [0.2, 0.25) is 0 Å². The first-order valence-electron chi connectivity index (χ1n) is 8.74. The van der Waals surface area contributed by atoms with Crippen LogP contribution >= 0.6 is 23.6 Å². The van der Waals surface area contributed by atoms with Crippen LogP contribution in [0.5, 0.6) is 0 Å². The Kier molecular flexibility index (Phi) is 4.51. The summed E-state index contributed by atoms with van der Waals surface area (Å²) in [4.78, 5) is 17.5. The molecule has 0 aromatic carbocycles. The summed E-state index contributed by atoms with van der Waals surface area (Å²) in [6.07, 6.45) is 4.29. The number of likely N-dealkylation sites (N-methyl/N-ethyl adjacent to an activating group) is 1. The van der Waals surface area contributed by atoms with Crippen LogP contribution in [-0.2, 0) is 11.5 Å². The molecule has 0 spiro atoms. The summed E-state index contributed by atoms with van der Waals surface area (Å²) in [5, 5.41) is 6.91. The fourth-order valence-corrected chi connectivity index (χ4v) is 4.53. The zero-order chi connectivity index (χ0) is 17.6. The molecule has 0 unspecified atom stereocenters. The van der Waals surface area contributed by atoms with Gasteiger partial charge in [0.15, 0.2) is 10.6 Å². The molecule has 2 aromatic rings. The van der Waals surface area contributed by atoms with Gasteiger partial charge in [0.1, 0.15) is 0 Å². The van der Waals surface area contributed by atoms with Gasteiger partial charge in [-0.3, -0.25) is 14.3 Å². The lowest BCUT2D eigenvalue weighted by Crippen LogP contribution is -2.43. The highest BCUT2D eigenvalue weighted by Crippen LogP contribution is 2.39. The minimum absolute atomic E-state index is 0.0619. The number of likely N-dealkylation sites (tertiary alicyclic amines) is 1. The van der Waals surface area contributed by atoms with Crippen molar-refractivity contribution >= 4 is 29.5 Å². The van der Waals surface area contributed by atoms with Gasteiger partial charge >= 0.3 is 0 Å². The smallest absolute Gasteiger partial charge is 0.239 e. The van der Waals surface area contributed by atoms with Crippen LogP contribution < -0.4 is 0 Å². The van der Waals surface area contributed by atoms with Crippen LogP contribution in [0.15, 0.2) is 17.5 Å². The predicted molar refractivity (Wildman–Crippen MR) is 101 cm³/mol. The van der Waals surface area contributed by atoms with Gasteiger partial charge in [-0.1, -0.05) is 6.07 Å². The van der Waals surface area contributed by atoms with Gasteiger partial charge in [-0.05, 0) is 49.3 Å². The van der Waals surface area contributed by atoms with Crippen molar-refractivity contribution in [2.24, 2.45) is 0 Å². The molecule has 3 heterocycles. The van der Waals surface area contributed by atoms with Crippen molar-refractivity contribution in [3.05, 3.63) is 22.3 Å². The number of hydrogen-bond acceptors (Lipinski definition) is 5. The normalized spacial score (nSPS) is 21.0. The Morgan fingerprint density at radius 1 is 1.40 bits per heavy atom. The minimum Gasteiger partial charge on any atom is -0.347 e. The van der Waals surface area contributed by atoms with Gasteiger partial charge in [-0.15, -0.1) is 16.4 Å². The maximum absolute atomic E-state index is 12.4. The number of thiophene rings is 1. The molecule has 8 heteroatoms. The molecule has 1 aliphatic heterocycles. The first-order valence-corrected chi connectivity index (χ1v) is 10.0. The average molecular weight is 378 g/mol. The largest absolute Gasteiger partial charge is 0.347 e. The maximum Gasteiger partial charge on any atom is 0.239 e. The summed E-state index contributed by atoms with van der Waals surface area (Å²) in [5.41, 5.74) is 0. The number of nitrogens with zero attached hydrogens (tertiary/aromatic N) is 5. The summed E-state index contributed by atoms with van der Waals surface area (Å²) in [5.74, 6) is 1.14. The van der Waals surface area contributed by atoms with E-state index in [9.17, 15) is 4.79 Å². The fourth-order valence-electron chi connectivity index (χ4n) is 3.49. The Balaban J connectivity index is 1.64. The SMILES string of the molecule is CN(C)C(=O)[C@@H]1CCCN1Cn1nc(-c2cccs2)n(C2CC2)c1=S. The molecule has 2 aliphatic rings. The highest BCUT2D eigenvalue weighted by atomic mass is 32.1. The van der Waals surface area contributed by atoms with Crippen LogP contribution in [0.25, 0.3) is 10.7 Å². The molecule has 4 rings (SSSR count).